The van der Waals surface area contributed by atoms with Crippen LogP contribution in [0, 0.1) is 0 Å². The summed E-state index contributed by atoms with van der Waals surface area (Å²) >= 11 is 9.63. The first-order valence-electron chi connectivity index (χ1n) is 6.51. The summed E-state index contributed by atoms with van der Waals surface area (Å²) in [6, 6.07) is 16.3. The minimum Gasteiger partial charge on any atom is -0.329 e. The highest BCUT2D eigenvalue weighted by molar-refractivity contribution is 9.10. The van der Waals surface area contributed by atoms with Gasteiger partial charge in [0, 0.05) is 28.6 Å². The van der Waals surface area contributed by atoms with Crippen molar-refractivity contribution in [3.8, 4) is 0 Å². The van der Waals surface area contributed by atoms with Crippen molar-refractivity contribution in [2.75, 3.05) is 13.6 Å². The Kier molecular flexibility index (Phi) is 5.61. The number of likely N-dealkylation sites (N-methyl/N-ethyl adjacent to an activating group) is 1. The van der Waals surface area contributed by atoms with Crippen molar-refractivity contribution in [2.45, 2.75) is 12.6 Å². The van der Waals surface area contributed by atoms with Gasteiger partial charge in [-0.25, -0.2) is 0 Å². The van der Waals surface area contributed by atoms with E-state index in [-0.39, 0.29) is 6.04 Å². The van der Waals surface area contributed by atoms with Crippen LogP contribution in [0.2, 0.25) is 5.02 Å². The quantitative estimate of drug-likeness (QED) is 0.871. The molecule has 0 aliphatic rings. The van der Waals surface area contributed by atoms with E-state index in [9.17, 15) is 0 Å². The number of rotatable bonds is 5. The summed E-state index contributed by atoms with van der Waals surface area (Å²) in [5.74, 6) is 0. The van der Waals surface area contributed by atoms with Gasteiger partial charge in [0.2, 0.25) is 0 Å². The molecule has 2 aromatic rings. The third-order valence-electron chi connectivity index (χ3n) is 3.34. The van der Waals surface area contributed by atoms with E-state index in [0.717, 1.165) is 16.0 Å². The van der Waals surface area contributed by atoms with Crippen LogP contribution in [0.5, 0.6) is 0 Å². The second-order valence-electron chi connectivity index (χ2n) is 4.82. The second-order valence-corrected chi connectivity index (χ2v) is 6.11. The lowest BCUT2D eigenvalue weighted by Crippen LogP contribution is -2.30. The molecule has 0 amide bonds. The fourth-order valence-electron chi connectivity index (χ4n) is 2.32. The number of nitrogens with two attached hydrogens (primary N) is 1. The van der Waals surface area contributed by atoms with Crippen molar-refractivity contribution < 1.29 is 0 Å². The van der Waals surface area contributed by atoms with Crippen LogP contribution in [0.25, 0.3) is 0 Å². The standard InChI is InChI=1S/C16H18BrClN2/c1-20(11-12-5-4-6-13(18)9-12)16(10-19)14-7-2-3-8-15(14)17/h2-9,16H,10-11,19H2,1H3. The van der Waals surface area contributed by atoms with Gasteiger partial charge >= 0.3 is 0 Å². The summed E-state index contributed by atoms with van der Waals surface area (Å²) < 4.78 is 1.09. The lowest BCUT2D eigenvalue weighted by molar-refractivity contribution is 0.241. The van der Waals surface area contributed by atoms with Gasteiger partial charge in [-0.1, -0.05) is 57.9 Å². The lowest BCUT2D eigenvalue weighted by Gasteiger charge is -2.28. The second kappa shape index (κ2) is 7.23. The molecular weight excluding hydrogens is 336 g/mol. The molecule has 0 aliphatic heterocycles. The molecule has 0 aromatic heterocycles. The number of hydrogen-bond acceptors (Lipinski definition) is 2. The van der Waals surface area contributed by atoms with Crippen LogP contribution in [0.15, 0.2) is 53.0 Å². The van der Waals surface area contributed by atoms with Crippen LogP contribution < -0.4 is 5.73 Å². The average molecular weight is 354 g/mol. The number of nitrogens with zero attached hydrogens (tertiary/aromatic N) is 1. The van der Waals surface area contributed by atoms with Gasteiger partial charge in [-0.15, -0.1) is 0 Å². The molecule has 0 spiro atoms. The van der Waals surface area contributed by atoms with E-state index in [1.54, 1.807) is 0 Å². The topological polar surface area (TPSA) is 29.3 Å². The van der Waals surface area contributed by atoms with E-state index in [4.69, 9.17) is 17.3 Å². The molecule has 2 N–H and O–H groups in total. The van der Waals surface area contributed by atoms with Crippen LogP contribution in [0.4, 0.5) is 0 Å². The first-order valence-corrected chi connectivity index (χ1v) is 7.68. The van der Waals surface area contributed by atoms with Crippen LogP contribution in [-0.2, 0) is 6.54 Å². The molecule has 2 nitrogen and oxygen atoms in total. The zero-order valence-corrected chi connectivity index (χ0v) is 13.7. The Balaban J connectivity index is 2.18. The van der Waals surface area contributed by atoms with Gasteiger partial charge in [0.05, 0.1) is 0 Å². The molecule has 1 unspecified atom stereocenters. The molecule has 4 heteroatoms. The van der Waals surface area contributed by atoms with Gasteiger partial charge < -0.3 is 5.73 Å². The van der Waals surface area contributed by atoms with Crippen LogP contribution in [-0.4, -0.2) is 18.5 Å². The summed E-state index contributed by atoms with van der Waals surface area (Å²) in [6.45, 7) is 1.38. The van der Waals surface area contributed by atoms with E-state index in [1.165, 1.54) is 11.1 Å². The molecule has 2 rings (SSSR count). The molecule has 0 heterocycles. The van der Waals surface area contributed by atoms with Crippen LogP contribution in [0.1, 0.15) is 17.2 Å². The summed E-state index contributed by atoms with van der Waals surface area (Å²) in [5, 5.41) is 0.765. The zero-order chi connectivity index (χ0) is 14.5. The molecule has 0 saturated heterocycles. The summed E-state index contributed by atoms with van der Waals surface area (Å²) in [6.07, 6.45) is 0. The van der Waals surface area contributed by atoms with Crippen molar-refractivity contribution in [1.29, 1.82) is 0 Å². The molecule has 2 aromatic carbocycles. The molecule has 106 valence electrons. The first-order chi connectivity index (χ1) is 9.61. The van der Waals surface area contributed by atoms with Gasteiger partial charge in [-0.2, -0.15) is 0 Å². The predicted molar refractivity (Wildman–Crippen MR) is 88.9 cm³/mol. The number of halogens is 2. The van der Waals surface area contributed by atoms with Gasteiger partial charge in [0.15, 0.2) is 0 Å². The van der Waals surface area contributed by atoms with Crippen LogP contribution in [0.3, 0.4) is 0 Å². The van der Waals surface area contributed by atoms with Crippen molar-refractivity contribution in [3.63, 3.8) is 0 Å². The minimum absolute atomic E-state index is 0.171. The van der Waals surface area contributed by atoms with E-state index < -0.39 is 0 Å². The van der Waals surface area contributed by atoms with Gasteiger partial charge in [-0.05, 0) is 36.4 Å². The van der Waals surface area contributed by atoms with Crippen molar-refractivity contribution in [3.05, 3.63) is 69.2 Å². The Hall–Kier alpha value is -0.870. The maximum atomic E-state index is 6.03. The third-order valence-corrected chi connectivity index (χ3v) is 4.30. The third kappa shape index (κ3) is 3.83. The smallest absolute Gasteiger partial charge is 0.0482 e. The number of hydrogen-bond donors (Lipinski definition) is 1. The largest absolute Gasteiger partial charge is 0.329 e. The Morgan fingerprint density at radius 2 is 1.95 bits per heavy atom. The van der Waals surface area contributed by atoms with Crippen molar-refractivity contribution in [1.82, 2.24) is 4.90 Å². The summed E-state index contributed by atoms with van der Waals surface area (Å²) in [4.78, 5) is 2.24. The van der Waals surface area contributed by atoms with Gasteiger partial charge in [0.1, 0.15) is 0 Å². The highest BCUT2D eigenvalue weighted by atomic mass is 79.9. The fraction of sp³-hybridized carbons (Fsp3) is 0.250. The summed E-state index contributed by atoms with van der Waals surface area (Å²) in [5.41, 5.74) is 8.36. The Bertz CT molecular complexity index is 574. The van der Waals surface area contributed by atoms with E-state index in [2.05, 4.69) is 40.0 Å². The monoisotopic (exact) mass is 352 g/mol. The molecule has 0 saturated carbocycles. The molecule has 0 radical (unpaired) electrons. The Morgan fingerprint density at radius 1 is 1.20 bits per heavy atom. The highest BCUT2D eigenvalue weighted by Crippen LogP contribution is 2.27. The SMILES string of the molecule is CN(Cc1cccc(Cl)c1)C(CN)c1ccccc1Br. The normalized spacial score (nSPS) is 12.7. The molecule has 0 fully saturated rings. The molecule has 0 aliphatic carbocycles. The van der Waals surface area contributed by atoms with Crippen molar-refractivity contribution >= 4 is 27.5 Å². The van der Waals surface area contributed by atoms with Crippen molar-refractivity contribution in [2.24, 2.45) is 5.73 Å². The molecule has 0 bridgehead atoms. The van der Waals surface area contributed by atoms with Gasteiger partial charge in [-0.3, -0.25) is 4.90 Å². The maximum Gasteiger partial charge on any atom is 0.0482 e. The summed E-state index contributed by atoms with van der Waals surface area (Å²) in [7, 11) is 2.08. The lowest BCUT2D eigenvalue weighted by atomic mass is 10.1. The highest BCUT2D eigenvalue weighted by Gasteiger charge is 2.17. The fourth-order valence-corrected chi connectivity index (χ4v) is 3.09. The maximum absolute atomic E-state index is 6.03. The Labute approximate surface area is 133 Å². The first kappa shape index (κ1) is 15.5. The zero-order valence-electron chi connectivity index (χ0n) is 11.4. The van der Waals surface area contributed by atoms with E-state index in [0.29, 0.717) is 6.54 Å². The predicted octanol–water partition coefficient (Wildman–Crippen LogP) is 4.23. The van der Waals surface area contributed by atoms with E-state index >= 15 is 0 Å². The minimum atomic E-state index is 0.171. The molecule has 1 atom stereocenters. The molecule has 20 heavy (non-hydrogen) atoms. The van der Waals surface area contributed by atoms with Gasteiger partial charge in [0.25, 0.3) is 0 Å². The van der Waals surface area contributed by atoms with Crippen LogP contribution >= 0.6 is 27.5 Å². The molecular formula is C16H18BrClN2. The average Bonchev–Trinajstić information content (AvgIpc) is 2.41. The van der Waals surface area contributed by atoms with E-state index in [1.807, 2.05) is 36.4 Å². The number of benzene rings is 2. The Morgan fingerprint density at radius 3 is 2.60 bits per heavy atom.